The Morgan fingerprint density at radius 2 is 2.36 bits per heavy atom. The zero-order chi connectivity index (χ0) is 10.6. The summed E-state index contributed by atoms with van der Waals surface area (Å²) >= 11 is 5.39. The summed E-state index contributed by atoms with van der Waals surface area (Å²) in [4.78, 5) is 11.2. The van der Waals surface area contributed by atoms with Crippen LogP contribution < -0.4 is 0 Å². The highest BCUT2D eigenvalue weighted by atomic mass is 127. The van der Waals surface area contributed by atoms with Crippen LogP contribution in [0.4, 0.5) is 0 Å². The van der Waals surface area contributed by atoms with Crippen molar-refractivity contribution >= 4 is 44.5 Å². The lowest BCUT2D eigenvalue weighted by Gasteiger charge is -2.06. The molecule has 0 N–H and O–H groups in total. The van der Waals surface area contributed by atoms with Crippen molar-refractivity contribution in [3.63, 3.8) is 0 Å². The Bertz CT molecular complexity index is 326. The number of benzene rings is 1. The largest absolute Gasteiger partial charge is 0.460 e. The van der Waals surface area contributed by atoms with Crippen molar-refractivity contribution in [2.75, 3.05) is 0 Å². The van der Waals surface area contributed by atoms with Crippen LogP contribution in [0.1, 0.15) is 12.5 Å². The molecule has 2 nitrogen and oxygen atoms in total. The van der Waals surface area contributed by atoms with Crippen LogP contribution in [0.3, 0.4) is 0 Å². The van der Waals surface area contributed by atoms with Gasteiger partial charge in [0.2, 0.25) is 0 Å². The van der Waals surface area contributed by atoms with Gasteiger partial charge >= 0.3 is 5.97 Å². The van der Waals surface area contributed by atoms with Gasteiger partial charge in [0.15, 0.2) is 0 Å². The van der Waals surface area contributed by atoms with E-state index in [1.165, 1.54) is 0 Å². The molecule has 0 spiro atoms. The van der Waals surface area contributed by atoms with Crippen molar-refractivity contribution in [3.05, 3.63) is 34.3 Å². The quantitative estimate of drug-likeness (QED) is 0.464. The smallest absolute Gasteiger partial charge is 0.318 e. The fraction of sp³-hybridized carbons (Fsp3) is 0.300. The van der Waals surface area contributed by atoms with Crippen molar-refractivity contribution in [1.29, 1.82) is 0 Å². The summed E-state index contributed by atoms with van der Waals surface area (Å²) in [6.07, 6.45) is 0. The van der Waals surface area contributed by atoms with E-state index in [1.54, 1.807) is 0 Å². The maximum absolute atomic E-state index is 11.2. The SMILES string of the molecule is CC(I)C(=O)OCc1cccc(Br)c1. The summed E-state index contributed by atoms with van der Waals surface area (Å²) in [5.74, 6) is -0.175. The van der Waals surface area contributed by atoms with Crippen LogP contribution in [0, 0.1) is 0 Å². The van der Waals surface area contributed by atoms with Crippen molar-refractivity contribution in [3.8, 4) is 0 Å². The van der Waals surface area contributed by atoms with Gasteiger partial charge in [0.25, 0.3) is 0 Å². The Kier molecular flexibility index (Phi) is 4.88. The number of hydrogen-bond donors (Lipinski definition) is 0. The molecule has 14 heavy (non-hydrogen) atoms. The predicted octanol–water partition coefficient (Wildman–Crippen LogP) is 3.32. The Morgan fingerprint density at radius 1 is 1.64 bits per heavy atom. The predicted molar refractivity (Wildman–Crippen MR) is 67.4 cm³/mol. The average Bonchev–Trinajstić information content (AvgIpc) is 2.14. The van der Waals surface area contributed by atoms with Crippen molar-refractivity contribution in [2.24, 2.45) is 0 Å². The summed E-state index contributed by atoms with van der Waals surface area (Å²) in [6, 6.07) is 7.72. The highest BCUT2D eigenvalue weighted by Crippen LogP contribution is 2.13. The molecule has 0 saturated heterocycles. The third-order valence-corrected chi connectivity index (χ3v) is 2.60. The fourth-order valence-corrected chi connectivity index (χ4v) is 1.52. The minimum absolute atomic E-state index is 0.0975. The van der Waals surface area contributed by atoms with Crippen molar-refractivity contribution in [1.82, 2.24) is 0 Å². The van der Waals surface area contributed by atoms with Gasteiger partial charge in [-0.05, 0) is 24.6 Å². The van der Waals surface area contributed by atoms with Gasteiger partial charge in [-0.1, -0.05) is 50.7 Å². The number of hydrogen-bond acceptors (Lipinski definition) is 2. The maximum Gasteiger partial charge on any atom is 0.318 e. The molecule has 0 aliphatic carbocycles. The molecule has 0 fully saturated rings. The number of esters is 1. The van der Waals surface area contributed by atoms with Gasteiger partial charge < -0.3 is 4.74 Å². The molecule has 1 aromatic carbocycles. The van der Waals surface area contributed by atoms with E-state index >= 15 is 0 Å². The molecule has 0 aromatic heterocycles. The van der Waals surface area contributed by atoms with Gasteiger partial charge in [0, 0.05) is 4.47 Å². The first-order valence-corrected chi connectivity index (χ1v) is 6.18. The number of halogens is 2. The lowest BCUT2D eigenvalue weighted by molar-refractivity contribution is -0.143. The van der Waals surface area contributed by atoms with Crippen LogP contribution >= 0.6 is 38.5 Å². The fourth-order valence-electron chi connectivity index (χ4n) is 0.896. The first-order chi connectivity index (χ1) is 6.59. The van der Waals surface area contributed by atoms with Crippen LogP contribution in [-0.2, 0) is 16.1 Å². The zero-order valence-electron chi connectivity index (χ0n) is 7.67. The van der Waals surface area contributed by atoms with E-state index in [1.807, 2.05) is 53.8 Å². The van der Waals surface area contributed by atoms with Gasteiger partial charge in [-0.15, -0.1) is 0 Å². The lowest BCUT2D eigenvalue weighted by Crippen LogP contribution is -2.13. The summed E-state index contributed by atoms with van der Waals surface area (Å²) < 4.78 is 5.97. The molecule has 1 aromatic rings. The molecule has 0 bridgehead atoms. The molecule has 1 unspecified atom stereocenters. The highest BCUT2D eigenvalue weighted by Gasteiger charge is 2.09. The third-order valence-electron chi connectivity index (χ3n) is 1.59. The average molecular weight is 369 g/mol. The van der Waals surface area contributed by atoms with E-state index in [4.69, 9.17) is 4.74 Å². The topological polar surface area (TPSA) is 26.3 Å². The van der Waals surface area contributed by atoms with Gasteiger partial charge in [0.05, 0.1) is 0 Å². The molecule has 1 atom stereocenters. The molecule has 0 aliphatic rings. The van der Waals surface area contributed by atoms with Gasteiger partial charge in [0.1, 0.15) is 10.5 Å². The molecular weight excluding hydrogens is 359 g/mol. The van der Waals surface area contributed by atoms with Crippen molar-refractivity contribution in [2.45, 2.75) is 17.5 Å². The molecule has 76 valence electrons. The first kappa shape index (κ1) is 12.0. The van der Waals surface area contributed by atoms with Gasteiger partial charge in [-0.25, -0.2) is 0 Å². The van der Waals surface area contributed by atoms with Gasteiger partial charge in [-0.2, -0.15) is 0 Å². The monoisotopic (exact) mass is 368 g/mol. The minimum Gasteiger partial charge on any atom is -0.460 e. The molecular formula is C10H10BrIO2. The van der Waals surface area contributed by atoms with Crippen LogP contribution in [0.15, 0.2) is 28.7 Å². The van der Waals surface area contributed by atoms with E-state index in [2.05, 4.69) is 15.9 Å². The molecule has 0 aliphatic heterocycles. The number of rotatable bonds is 3. The molecule has 0 heterocycles. The van der Waals surface area contributed by atoms with Crippen molar-refractivity contribution < 1.29 is 9.53 Å². The summed E-state index contributed by atoms with van der Waals surface area (Å²) in [5, 5.41) is 0. The normalized spacial score (nSPS) is 12.2. The van der Waals surface area contributed by atoms with Crippen LogP contribution in [0.5, 0.6) is 0 Å². The van der Waals surface area contributed by atoms with E-state index < -0.39 is 0 Å². The second-order valence-electron chi connectivity index (χ2n) is 2.85. The Hall–Kier alpha value is -0.100. The zero-order valence-corrected chi connectivity index (χ0v) is 11.4. The molecule has 0 saturated carbocycles. The summed E-state index contributed by atoms with van der Waals surface area (Å²) in [7, 11) is 0. The second-order valence-corrected chi connectivity index (χ2v) is 5.64. The van der Waals surface area contributed by atoms with E-state index in [0.717, 1.165) is 10.0 Å². The third kappa shape index (κ3) is 3.96. The van der Waals surface area contributed by atoms with E-state index in [9.17, 15) is 4.79 Å². The van der Waals surface area contributed by atoms with Crippen LogP contribution in [0.25, 0.3) is 0 Å². The number of alkyl halides is 1. The first-order valence-electron chi connectivity index (χ1n) is 4.15. The second kappa shape index (κ2) is 5.70. The molecule has 0 amide bonds. The molecule has 0 radical (unpaired) electrons. The maximum atomic E-state index is 11.2. The number of carbonyl (C=O) groups excluding carboxylic acids is 1. The van der Waals surface area contributed by atoms with Crippen LogP contribution in [-0.4, -0.2) is 9.89 Å². The minimum atomic E-state index is -0.175. The van der Waals surface area contributed by atoms with E-state index in [0.29, 0.717) is 6.61 Å². The van der Waals surface area contributed by atoms with E-state index in [-0.39, 0.29) is 9.89 Å². The standard InChI is InChI=1S/C10H10BrIO2/c1-7(12)10(13)14-6-8-3-2-4-9(11)5-8/h2-5,7H,6H2,1H3. The molecule has 4 heteroatoms. The number of ether oxygens (including phenoxy) is 1. The number of carbonyl (C=O) groups is 1. The highest BCUT2D eigenvalue weighted by molar-refractivity contribution is 14.1. The van der Waals surface area contributed by atoms with Gasteiger partial charge in [-0.3, -0.25) is 4.79 Å². The van der Waals surface area contributed by atoms with Crippen LogP contribution in [0.2, 0.25) is 0 Å². The lowest BCUT2D eigenvalue weighted by atomic mass is 10.2. The summed E-state index contributed by atoms with van der Waals surface area (Å²) in [6.45, 7) is 2.15. The Morgan fingerprint density at radius 3 is 2.93 bits per heavy atom. The molecule has 1 rings (SSSR count). The Labute approximate surface area is 105 Å². The Balaban J connectivity index is 2.50. The summed E-state index contributed by atoms with van der Waals surface area (Å²) in [5.41, 5.74) is 0.991.